The number of hydrogen-bond donors (Lipinski definition) is 1. The fourth-order valence-corrected chi connectivity index (χ4v) is 3.11. The highest BCUT2D eigenvalue weighted by Gasteiger charge is 2.11. The molecule has 25 heavy (non-hydrogen) atoms. The van der Waals surface area contributed by atoms with Crippen molar-refractivity contribution in [2.24, 2.45) is 0 Å². The molecule has 0 fully saturated rings. The third-order valence-electron chi connectivity index (χ3n) is 3.50. The molecular formula is C17H11N3O4S. The third kappa shape index (κ3) is 3.24. The highest BCUT2D eigenvalue weighted by molar-refractivity contribution is 7.98. The largest absolute Gasteiger partial charge is 0.508 e. The van der Waals surface area contributed by atoms with Gasteiger partial charge in [-0.3, -0.25) is 4.98 Å². The molecule has 0 atom stereocenters. The zero-order valence-corrected chi connectivity index (χ0v) is 13.6. The van der Waals surface area contributed by atoms with Gasteiger partial charge >= 0.3 is 5.63 Å². The van der Waals surface area contributed by atoms with Crippen LogP contribution in [-0.4, -0.2) is 20.3 Å². The molecule has 0 saturated carbocycles. The fourth-order valence-electron chi connectivity index (χ4n) is 2.36. The predicted molar refractivity (Wildman–Crippen MR) is 91.2 cm³/mol. The molecule has 8 heteroatoms. The van der Waals surface area contributed by atoms with E-state index in [1.54, 1.807) is 36.7 Å². The molecular weight excluding hydrogens is 342 g/mol. The molecule has 0 unspecified atom stereocenters. The molecule has 4 aromatic rings. The number of aromatic hydroxyl groups is 1. The molecule has 0 aliphatic rings. The lowest BCUT2D eigenvalue weighted by Gasteiger charge is -2.04. The molecule has 0 aliphatic carbocycles. The van der Waals surface area contributed by atoms with Gasteiger partial charge in [-0.05, 0) is 29.8 Å². The Kier molecular flexibility index (Phi) is 3.95. The quantitative estimate of drug-likeness (QED) is 0.441. The van der Waals surface area contributed by atoms with Gasteiger partial charge in [-0.1, -0.05) is 11.8 Å². The topological polar surface area (TPSA) is 102 Å². The summed E-state index contributed by atoms with van der Waals surface area (Å²) < 4.78 is 10.7. The number of benzene rings is 1. The average Bonchev–Trinajstić information content (AvgIpc) is 3.09. The van der Waals surface area contributed by atoms with Crippen molar-refractivity contribution >= 4 is 22.7 Å². The highest BCUT2D eigenvalue weighted by atomic mass is 32.2. The van der Waals surface area contributed by atoms with Crippen LogP contribution in [0.25, 0.3) is 22.4 Å². The van der Waals surface area contributed by atoms with E-state index >= 15 is 0 Å². The summed E-state index contributed by atoms with van der Waals surface area (Å²) in [5.41, 5.74) is 1.42. The zero-order valence-electron chi connectivity index (χ0n) is 12.7. The summed E-state index contributed by atoms with van der Waals surface area (Å²) >= 11 is 1.32. The van der Waals surface area contributed by atoms with Crippen molar-refractivity contribution in [3.05, 3.63) is 64.8 Å². The van der Waals surface area contributed by atoms with E-state index in [1.807, 2.05) is 0 Å². The lowest BCUT2D eigenvalue weighted by atomic mass is 10.1. The Bertz CT molecular complexity index is 1090. The zero-order chi connectivity index (χ0) is 17.2. The second kappa shape index (κ2) is 6.40. The second-order valence-corrected chi connectivity index (χ2v) is 6.10. The Morgan fingerprint density at radius 1 is 1.04 bits per heavy atom. The summed E-state index contributed by atoms with van der Waals surface area (Å²) in [4.78, 5) is 15.6. The summed E-state index contributed by atoms with van der Waals surface area (Å²) in [7, 11) is 0. The van der Waals surface area contributed by atoms with Gasteiger partial charge in [0, 0.05) is 41.2 Å². The lowest BCUT2D eigenvalue weighted by Crippen LogP contribution is -1.99. The maximum Gasteiger partial charge on any atom is 0.336 e. The van der Waals surface area contributed by atoms with Crippen LogP contribution in [0, 0.1) is 0 Å². The fraction of sp³-hybridized carbons (Fsp3) is 0.0588. The van der Waals surface area contributed by atoms with Crippen LogP contribution in [0.1, 0.15) is 5.56 Å². The first-order valence-corrected chi connectivity index (χ1v) is 8.30. The van der Waals surface area contributed by atoms with Gasteiger partial charge in [-0.25, -0.2) is 4.79 Å². The third-order valence-corrected chi connectivity index (χ3v) is 4.37. The van der Waals surface area contributed by atoms with E-state index in [2.05, 4.69) is 15.2 Å². The standard InChI is InChI=1S/C17H11N3O4S/c21-12-1-2-13-11(7-15(22)23-14(13)8-12)9-25-17-20-19-16(24-17)10-3-5-18-6-4-10/h1-8,21H,9H2. The maximum atomic E-state index is 11.7. The molecule has 0 saturated heterocycles. The minimum atomic E-state index is -0.475. The van der Waals surface area contributed by atoms with E-state index in [-0.39, 0.29) is 5.75 Å². The van der Waals surface area contributed by atoms with Crippen LogP contribution in [0.2, 0.25) is 0 Å². The SMILES string of the molecule is O=c1cc(CSc2nnc(-c3ccncc3)o2)c2ccc(O)cc2o1. The number of nitrogens with zero attached hydrogens (tertiary/aromatic N) is 3. The summed E-state index contributed by atoms with van der Waals surface area (Å²) in [5.74, 6) is 0.900. The van der Waals surface area contributed by atoms with Crippen molar-refractivity contribution in [1.29, 1.82) is 0 Å². The monoisotopic (exact) mass is 353 g/mol. The summed E-state index contributed by atoms with van der Waals surface area (Å²) in [5, 5.41) is 18.7. The van der Waals surface area contributed by atoms with Crippen LogP contribution in [0.4, 0.5) is 0 Å². The first-order valence-electron chi connectivity index (χ1n) is 7.31. The summed E-state index contributed by atoms with van der Waals surface area (Å²) in [6.07, 6.45) is 3.30. The number of phenols is 1. The Hall–Kier alpha value is -3.13. The van der Waals surface area contributed by atoms with Crippen LogP contribution < -0.4 is 5.63 Å². The van der Waals surface area contributed by atoms with Crippen LogP contribution in [0.15, 0.2) is 67.6 Å². The number of aromatic nitrogens is 3. The highest BCUT2D eigenvalue weighted by Crippen LogP contribution is 2.29. The Labute approximate surface area is 145 Å². The Balaban J connectivity index is 1.59. The first kappa shape index (κ1) is 15.4. The van der Waals surface area contributed by atoms with Crippen LogP contribution in [-0.2, 0) is 5.75 Å². The number of pyridine rings is 1. The van der Waals surface area contributed by atoms with E-state index in [0.29, 0.717) is 22.4 Å². The molecule has 0 spiro atoms. The van der Waals surface area contributed by atoms with Gasteiger partial charge in [0.15, 0.2) is 0 Å². The van der Waals surface area contributed by atoms with Gasteiger partial charge in [0.25, 0.3) is 5.22 Å². The molecule has 7 nitrogen and oxygen atoms in total. The minimum Gasteiger partial charge on any atom is -0.508 e. The lowest BCUT2D eigenvalue weighted by molar-refractivity contribution is 0.465. The number of fused-ring (bicyclic) bond motifs is 1. The van der Waals surface area contributed by atoms with Gasteiger partial charge in [-0.2, -0.15) is 0 Å². The normalized spacial score (nSPS) is 11.0. The van der Waals surface area contributed by atoms with Crippen molar-refractivity contribution in [3.8, 4) is 17.2 Å². The molecule has 3 aromatic heterocycles. The van der Waals surface area contributed by atoms with E-state index < -0.39 is 5.63 Å². The van der Waals surface area contributed by atoms with Crippen molar-refractivity contribution in [2.45, 2.75) is 11.0 Å². The van der Waals surface area contributed by atoms with Crippen LogP contribution >= 0.6 is 11.8 Å². The van der Waals surface area contributed by atoms with Crippen molar-refractivity contribution in [3.63, 3.8) is 0 Å². The molecule has 1 aromatic carbocycles. The van der Waals surface area contributed by atoms with Crippen molar-refractivity contribution in [1.82, 2.24) is 15.2 Å². The Morgan fingerprint density at radius 3 is 2.72 bits per heavy atom. The van der Waals surface area contributed by atoms with E-state index in [1.165, 1.54) is 23.9 Å². The number of hydrogen-bond acceptors (Lipinski definition) is 8. The van der Waals surface area contributed by atoms with Crippen molar-refractivity contribution in [2.75, 3.05) is 0 Å². The molecule has 124 valence electrons. The maximum absolute atomic E-state index is 11.7. The van der Waals surface area contributed by atoms with Gasteiger partial charge in [0.1, 0.15) is 11.3 Å². The molecule has 3 heterocycles. The van der Waals surface area contributed by atoms with Crippen LogP contribution in [0.5, 0.6) is 5.75 Å². The number of thioether (sulfide) groups is 1. The molecule has 1 N–H and O–H groups in total. The smallest absolute Gasteiger partial charge is 0.336 e. The van der Waals surface area contributed by atoms with Crippen LogP contribution in [0.3, 0.4) is 0 Å². The summed E-state index contributed by atoms with van der Waals surface area (Å²) in [6.45, 7) is 0. The predicted octanol–water partition coefficient (Wildman–Crippen LogP) is 3.24. The second-order valence-electron chi connectivity index (χ2n) is 5.17. The molecule has 0 amide bonds. The van der Waals surface area contributed by atoms with E-state index in [4.69, 9.17) is 8.83 Å². The number of rotatable bonds is 4. The molecule has 0 aliphatic heterocycles. The first-order chi connectivity index (χ1) is 12.2. The Morgan fingerprint density at radius 2 is 1.88 bits per heavy atom. The average molecular weight is 353 g/mol. The van der Waals surface area contributed by atoms with Gasteiger partial charge in [-0.15, -0.1) is 10.2 Å². The van der Waals surface area contributed by atoms with E-state index in [0.717, 1.165) is 16.5 Å². The van der Waals surface area contributed by atoms with Gasteiger partial charge in [0.2, 0.25) is 5.89 Å². The summed E-state index contributed by atoms with van der Waals surface area (Å²) in [6, 6.07) is 9.66. The van der Waals surface area contributed by atoms with Gasteiger partial charge < -0.3 is 13.9 Å². The number of phenolic OH excluding ortho intramolecular Hbond substituents is 1. The molecule has 4 rings (SSSR count). The molecule has 0 radical (unpaired) electrons. The van der Waals surface area contributed by atoms with Gasteiger partial charge in [0.05, 0.1) is 0 Å². The molecule has 0 bridgehead atoms. The van der Waals surface area contributed by atoms with Crippen molar-refractivity contribution < 1.29 is 13.9 Å². The van der Waals surface area contributed by atoms with E-state index in [9.17, 15) is 9.90 Å². The minimum absolute atomic E-state index is 0.0411.